The molecule has 0 saturated carbocycles. The molecule has 2 unspecified atom stereocenters. The van der Waals surface area contributed by atoms with Gasteiger partial charge in [0.2, 0.25) is 4.96 Å². The van der Waals surface area contributed by atoms with Crippen molar-refractivity contribution in [3.63, 3.8) is 0 Å². The highest BCUT2D eigenvalue weighted by Crippen LogP contribution is 2.29. The molecule has 0 aromatic carbocycles. The molecule has 1 fully saturated rings. The van der Waals surface area contributed by atoms with E-state index < -0.39 is 0 Å². The van der Waals surface area contributed by atoms with E-state index in [1.165, 1.54) is 11.3 Å². The summed E-state index contributed by atoms with van der Waals surface area (Å²) in [5.74, 6) is 1.44. The number of hydrogen-bond acceptors (Lipinski definition) is 7. The lowest BCUT2D eigenvalue weighted by atomic mass is 9.99. The van der Waals surface area contributed by atoms with E-state index in [0.717, 1.165) is 27.8 Å². The Balaban J connectivity index is 1.67. The highest BCUT2D eigenvalue weighted by atomic mass is 32.1. The first kappa shape index (κ1) is 13.7. The van der Waals surface area contributed by atoms with Crippen molar-refractivity contribution in [2.75, 3.05) is 0 Å². The van der Waals surface area contributed by atoms with Crippen molar-refractivity contribution < 1.29 is 0 Å². The topological polar surface area (TPSA) is 80.0 Å². The van der Waals surface area contributed by atoms with Gasteiger partial charge < -0.3 is 0 Å². The molecule has 0 radical (unpaired) electrons. The van der Waals surface area contributed by atoms with E-state index in [1.807, 2.05) is 16.6 Å². The highest BCUT2D eigenvalue weighted by molar-refractivity contribution is 7.19. The smallest absolute Gasteiger partial charge is 0.235 e. The molecule has 0 bridgehead atoms. The van der Waals surface area contributed by atoms with Crippen LogP contribution in [0.3, 0.4) is 0 Å². The molecule has 22 heavy (non-hydrogen) atoms. The van der Waals surface area contributed by atoms with Gasteiger partial charge in [-0.15, -0.1) is 10.2 Å². The van der Waals surface area contributed by atoms with Gasteiger partial charge in [-0.1, -0.05) is 25.2 Å². The summed E-state index contributed by atoms with van der Waals surface area (Å²) in [7, 11) is 0. The van der Waals surface area contributed by atoms with E-state index in [9.17, 15) is 0 Å². The van der Waals surface area contributed by atoms with Gasteiger partial charge in [0.25, 0.3) is 0 Å². The van der Waals surface area contributed by atoms with Gasteiger partial charge in [-0.3, -0.25) is 10.4 Å². The van der Waals surface area contributed by atoms with Crippen LogP contribution in [-0.2, 0) is 0 Å². The second-order valence-corrected chi connectivity index (χ2v) is 6.78. The quantitative estimate of drug-likeness (QED) is 0.767. The third-order valence-electron chi connectivity index (χ3n) is 3.99. The van der Waals surface area contributed by atoms with Gasteiger partial charge in [0.05, 0.1) is 6.04 Å². The third-order valence-corrected chi connectivity index (χ3v) is 4.94. The van der Waals surface area contributed by atoms with Crippen LogP contribution in [0.2, 0.25) is 0 Å². The fraction of sp³-hybridized carbons (Fsp3) is 0.429. The van der Waals surface area contributed by atoms with Crippen molar-refractivity contribution in [2.24, 2.45) is 5.92 Å². The summed E-state index contributed by atoms with van der Waals surface area (Å²) in [5.41, 5.74) is 7.70. The Labute approximate surface area is 131 Å². The van der Waals surface area contributed by atoms with Gasteiger partial charge in [0, 0.05) is 24.0 Å². The first-order valence-electron chi connectivity index (χ1n) is 7.36. The molecule has 0 amide bonds. The van der Waals surface area contributed by atoms with Crippen molar-refractivity contribution in [3.8, 4) is 10.6 Å². The molecule has 3 aromatic rings. The maximum absolute atomic E-state index is 4.67. The molecule has 2 atom stereocenters. The number of aromatic nitrogens is 5. The lowest BCUT2D eigenvalue weighted by molar-refractivity contribution is 0.431. The Kier molecular flexibility index (Phi) is 3.36. The normalized spacial score (nSPS) is 22.0. The van der Waals surface area contributed by atoms with Gasteiger partial charge >= 0.3 is 0 Å². The van der Waals surface area contributed by atoms with E-state index in [0.29, 0.717) is 12.0 Å². The Morgan fingerprint density at radius 3 is 2.77 bits per heavy atom. The molecule has 7 nitrogen and oxygen atoms in total. The van der Waals surface area contributed by atoms with E-state index in [-0.39, 0.29) is 6.04 Å². The predicted molar refractivity (Wildman–Crippen MR) is 84.1 cm³/mol. The summed E-state index contributed by atoms with van der Waals surface area (Å²) < 4.78 is 1.85. The second kappa shape index (κ2) is 5.38. The number of hydrogen-bond donors (Lipinski definition) is 2. The minimum atomic E-state index is 0.134. The van der Waals surface area contributed by atoms with Crippen molar-refractivity contribution in [2.45, 2.75) is 32.4 Å². The summed E-state index contributed by atoms with van der Waals surface area (Å²) in [5, 5.41) is 14.2. The molecule has 114 valence electrons. The van der Waals surface area contributed by atoms with Crippen LogP contribution in [0.5, 0.6) is 0 Å². The van der Waals surface area contributed by atoms with Crippen molar-refractivity contribution in [1.29, 1.82) is 0 Å². The fourth-order valence-corrected chi connectivity index (χ4v) is 3.50. The van der Waals surface area contributed by atoms with Gasteiger partial charge in [-0.05, 0) is 24.5 Å². The van der Waals surface area contributed by atoms with E-state index in [2.05, 4.69) is 45.0 Å². The van der Waals surface area contributed by atoms with E-state index in [4.69, 9.17) is 0 Å². The van der Waals surface area contributed by atoms with Crippen LogP contribution in [0.25, 0.3) is 15.5 Å². The first-order chi connectivity index (χ1) is 10.7. The molecule has 0 aliphatic carbocycles. The first-order valence-corrected chi connectivity index (χ1v) is 8.17. The maximum atomic E-state index is 4.67. The number of rotatable bonds is 3. The molecule has 4 rings (SSSR count). The van der Waals surface area contributed by atoms with Crippen LogP contribution < -0.4 is 10.9 Å². The highest BCUT2D eigenvalue weighted by Gasteiger charge is 2.31. The molecule has 0 spiro atoms. The molecular formula is C14H17N7S. The minimum Gasteiger partial charge on any atom is -0.265 e. The zero-order chi connectivity index (χ0) is 15.1. The van der Waals surface area contributed by atoms with E-state index in [1.54, 1.807) is 12.4 Å². The van der Waals surface area contributed by atoms with Crippen molar-refractivity contribution in [1.82, 2.24) is 35.6 Å². The average molecular weight is 315 g/mol. The summed E-state index contributed by atoms with van der Waals surface area (Å²) in [6.45, 7) is 4.43. The predicted octanol–water partition coefficient (Wildman–Crippen LogP) is 1.81. The molecule has 8 heteroatoms. The Hall–Kier alpha value is -1.90. The zero-order valence-electron chi connectivity index (χ0n) is 12.4. The molecular weight excluding hydrogens is 298 g/mol. The third kappa shape index (κ3) is 2.29. The summed E-state index contributed by atoms with van der Waals surface area (Å²) in [6, 6.07) is 4.48. The Bertz CT molecular complexity index is 779. The molecule has 1 aliphatic rings. The number of nitrogens with one attached hydrogen (secondary N) is 2. The van der Waals surface area contributed by atoms with Crippen molar-refractivity contribution in [3.05, 3.63) is 30.4 Å². The van der Waals surface area contributed by atoms with Gasteiger partial charge in [-0.2, -0.15) is 9.61 Å². The lowest BCUT2D eigenvalue weighted by Gasteiger charge is -2.12. The minimum absolute atomic E-state index is 0.134. The molecule has 3 aromatic heterocycles. The fourth-order valence-electron chi connectivity index (χ4n) is 2.65. The van der Waals surface area contributed by atoms with Crippen LogP contribution >= 0.6 is 11.3 Å². The maximum Gasteiger partial charge on any atom is 0.235 e. The largest absolute Gasteiger partial charge is 0.265 e. The average Bonchev–Trinajstić information content (AvgIpc) is 3.22. The SMILES string of the molecule is CC(C)C1CC(c2nnc3sc(-c4ccncc4)nn23)NN1. The Morgan fingerprint density at radius 2 is 2.05 bits per heavy atom. The number of hydrazine groups is 1. The Morgan fingerprint density at radius 1 is 1.23 bits per heavy atom. The van der Waals surface area contributed by atoms with Gasteiger partial charge in [-0.25, -0.2) is 5.43 Å². The summed E-state index contributed by atoms with van der Waals surface area (Å²) in [4.78, 5) is 4.86. The van der Waals surface area contributed by atoms with Crippen LogP contribution in [0, 0.1) is 5.92 Å². The molecule has 2 N–H and O–H groups in total. The number of pyridine rings is 1. The lowest BCUT2D eigenvalue weighted by Crippen LogP contribution is -2.34. The summed E-state index contributed by atoms with van der Waals surface area (Å²) >= 11 is 1.54. The standard InChI is InChI=1S/C14H17N7S/c1-8(2)10-7-11(17-16-10)12-18-19-14-21(12)20-13(22-14)9-3-5-15-6-4-9/h3-6,8,10-11,16-17H,7H2,1-2H3. The number of fused-ring (bicyclic) bond motifs is 1. The summed E-state index contributed by atoms with van der Waals surface area (Å²) in [6.07, 6.45) is 4.53. The molecule has 1 saturated heterocycles. The monoisotopic (exact) mass is 315 g/mol. The van der Waals surface area contributed by atoms with Crippen LogP contribution in [0.4, 0.5) is 0 Å². The molecule has 4 heterocycles. The second-order valence-electron chi connectivity index (χ2n) is 5.82. The van der Waals surface area contributed by atoms with Gasteiger partial charge in [0.1, 0.15) is 5.01 Å². The zero-order valence-corrected chi connectivity index (χ0v) is 13.2. The van der Waals surface area contributed by atoms with E-state index >= 15 is 0 Å². The van der Waals surface area contributed by atoms with Crippen LogP contribution in [-0.4, -0.2) is 30.8 Å². The number of nitrogens with zero attached hydrogens (tertiary/aromatic N) is 5. The molecule has 1 aliphatic heterocycles. The van der Waals surface area contributed by atoms with Gasteiger partial charge in [0.15, 0.2) is 5.82 Å². The van der Waals surface area contributed by atoms with Crippen LogP contribution in [0.15, 0.2) is 24.5 Å². The van der Waals surface area contributed by atoms with Crippen LogP contribution in [0.1, 0.15) is 32.1 Å². The van der Waals surface area contributed by atoms with Crippen molar-refractivity contribution >= 4 is 16.3 Å².